The summed E-state index contributed by atoms with van der Waals surface area (Å²) in [6.07, 6.45) is 2.13. The molecule has 0 saturated heterocycles. The van der Waals surface area contributed by atoms with Gasteiger partial charge in [0.15, 0.2) is 5.82 Å². The second kappa shape index (κ2) is 5.33. The Morgan fingerprint density at radius 2 is 2.50 bits per heavy atom. The lowest BCUT2D eigenvalue weighted by Gasteiger charge is -2.16. The van der Waals surface area contributed by atoms with E-state index >= 15 is 0 Å². The molecule has 0 atom stereocenters. The Morgan fingerprint density at radius 3 is 3.00 bits per heavy atom. The van der Waals surface area contributed by atoms with E-state index in [-0.39, 0.29) is 6.54 Å². The Hall–Kier alpha value is -1.43. The monoisotopic (exact) mass is 199 g/mol. The number of aliphatic carboxylic acids is 1. The first-order valence-corrected chi connectivity index (χ1v) is 4.41. The fourth-order valence-electron chi connectivity index (χ4n) is 1.18. The van der Waals surface area contributed by atoms with E-state index < -0.39 is 5.97 Å². The standard InChI is InChI=1S/C8H13N3O3/c1-2-3-11(5-8(12)13)4-7-9-6-14-10-7/h6H,2-5H2,1H3,(H,12,13). The van der Waals surface area contributed by atoms with Crippen LogP contribution in [0, 0.1) is 0 Å². The molecule has 0 radical (unpaired) electrons. The molecule has 1 N–H and O–H groups in total. The minimum absolute atomic E-state index is 0.00236. The van der Waals surface area contributed by atoms with E-state index in [9.17, 15) is 4.79 Å². The van der Waals surface area contributed by atoms with Gasteiger partial charge in [-0.1, -0.05) is 12.1 Å². The van der Waals surface area contributed by atoms with Gasteiger partial charge in [0.25, 0.3) is 0 Å². The van der Waals surface area contributed by atoms with Crippen molar-refractivity contribution in [2.45, 2.75) is 19.9 Å². The van der Waals surface area contributed by atoms with Crippen LogP contribution in [0.2, 0.25) is 0 Å². The normalized spacial score (nSPS) is 10.7. The highest BCUT2D eigenvalue weighted by atomic mass is 16.5. The summed E-state index contributed by atoms with van der Waals surface area (Å²) in [6, 6.07) is 0. The second-order valence-electron chi connectivity index (χ2n) is 2.95. The molecule has 0 fully saturated rings. The van der Waals surface area contributed by atoms with E-state index in [0.29, 0.717) is 18.9 Å². The minimum atomic E-state index is -0.845. The highest BCUT2D eigenvalue weighted by Gasteiger charge is 2.11. The van der Waals surface area contributed by atoms with Gasteiger partial charge in [-0.2, -0.15) is 4.98 Å². The van der Waals surface area contributed by atoms with Gasteiger partial charge in [-0.25, -0.2) is 0 Å². The van der Waals surface area contributed by atoms with E-state index in [1.54, 1.807) is 4.90 Å². The molecule has 6 nitrogen and oxygen atoms in total. The summed E-state index contributed by atoms with van der Waals surface area (Å²) in [5.41, 5.74) is 0. The van der Waals surface area contributed by atoms with E-state index in [0.717, 1.165) is 6.42 Å². The highest BCUT2D eigenvalue weighted by molar-refractivity contribution is 5.69. The molecule has 0 aliphatic rings. The maximum Gasteiger partial charge on any atom is 0.317 e. The van der Waals surface area contributed by atoms with E-state index in [1.807, 2.05) is 6.92 Å². The minimum Gasteiger partial charge on any atom is -0.480 e. The first-order valence-electron chi connectivity index (χ1n) is 4.41. The van der Waals surface area contributed by atoms with Gasteiger partial charge >= 0.3 is 5.97 Å². The number of carboxylic acids is 1. The SMILES string of the molecule is CCCN(CC(=O)O)Cc1ncon1. The lowest BCUT2D eigenvalue weighted by Crippen LogP contribution is -2.30. The zero-order valence-electron chi connectivity index (χ0n) is 8.01. The van der Waals surface area contributed by atoms with Gasteiger partial charge in [0.1, 0.15) is 0 Å². The molecular formula is C8H13N3O3. The molecule has 78 valence electrons. The molecule has 0 aliphatic carbocycles. The third-order valence-corrected chi connectivity index (χ3v) is 1.67. The van der Waals surface area contributed by atoms with Crippen molar-refractivity contribution in [1.82, 2.24) is 15.0 Å². The number of hydrogen-bond acceptors (Lipinski definition) is 5. The van der Waals surface area contributed by atoms with Gasteiger partial charge in [0.2, 0.25) is 6.39 Å². The van der Waals surface area contributed by atoms with Crippen molar-refractivity contribution in [2.24, 2.45) is 0 Å². The smallest absolute Gasteiger partial charge is 0.317 e. The van der Waals surface area contributed by atoms with Crippen molar-refractivity contribution in [1.29, 1.82) is 0 Å². The van der Waals surface area contributed by atoms with Crippen LogP contribution in [0.4, 0.5) is 0 Å². The molecule has 1 aromatic rings. The van der Waals surface area contributed by atoms with Crippen LogP contribution in [0.5, 0.6) is 0 Å². The fraction of sp³-hybridized carbons (Fsp3) is 0.625. The first kappa shape index (κ1) is 10.6. The van der Waals surface area contributed by atoms with E-state index in [1.165, 1.54) is 6.39 Å². The van der Waals surface area contributed by atoms with E-state index in [2.05, 4.69) is 14.7 Å². The van der Waals surface area contributed by atoms with Crippen molar-refractivity contribution in [3.63, 3.8) is 0 Å². The summed E-state index contributed by atoms with van der Waals surface area (Å²) in [6.45, 7) is 3.12. The molecule has 1 aromatic heterocycles. The van der Waals surface area contributed by atoms with Crippen LogP contribution in [0.25, 0.3) is 0 Å². The summed E-state index contributed by atoms with van der Waals surface area (Å²) in [4.78, 5) is 16.1. The molecule has 0 aromatic carbocycles. The van der Waals surface area contributed by atoms with Crippen LogP contribution in [-0.2, 0) is 11.3 Å². The fourth-order valence-corrected chi connectivity index (χ4v) is 1.18. The zero-order chi connectivity index (χ0) is 10.4. The summed E-state index contributed by atoms with van der Waals surface area (Å²) >= 11 is 0. The van der Waals surface area contributed by atoms with Crippen molar-refractivity contribution >= 4 is 5.97 Å². The van der Waals surface area contributed by atoms with Crippen LogP contribution in [-0.4, -0.2) is 39.2 Å². The largest absolute Gasteiger partial charge is 0.480 e. The summed E-state index contributed by atoms with van der Waals surface area (Å²) < 4.78 is 4.56. The van der Waals surface area contributed by atoms with Crippen molar-refractivity contribution in [3.8, 4) is 0 Å². The van der Waals surface area contributed by atoms with Gasteiger partial charge in [0.05, 0.1) is 13.1 Å². The molecular weight excluding hydrogens is 186 g/mol. The topological polar surface area (TPSA) is 79.5 Å². The Bertz CT molecular complexity index is 273. The first-order chi connectivity index (χ1) is 6.72. The third kappa shape index (κ3) is 3.53. The lowest BCUT2D eigenvalue weighted by molar-refractivity contribution is -0.138. The maximum atomic E-state index is 10.5. The zero-order valence-corrected chi connectivity index (χ0v) is 8.01. The lowest BCUT2D eigenvalue weighted by atomic mass is 10.4. The predicted molar refractivity (Wildman–Crippen MR) is 47.5 cm³/mol. The van der Waals surface area contributed by atoms with Crippen LogP contribution < -0.4 is 0 Å². The number of nitrogens with zero attached hydrogens (tertiary/aromatic N) is 3. The van der Waals surface area contributed by atoms with Crippen LogP contribution in [0.3, 0.4) is 0 Å². The summed E-state index contributed by atoms with van der Waals surface area (Å²) in [5.74, 6) is -0.332. The van der Waals surface area contributed by atoms with Gasteiger partial charge in [-0.05, 0) is 13.0 Å². The Labute approximate surface area is 81.5 Å². The molecule has 0 spiro atoms. The second-order valence-corrected chi connectivity index (χ2v) is 2.95. The molecule has 1 rings (SSSR count). The van der Waals surface area contributed by atoms with Gasteiger partial charge in [-0.3, -0.25) is 9.69 Å². The highest BCUT2D eigenvalue weighted by Crippen LogP contribution is 1.99. The quantitative estimate of drug-likeness (QED) is 0.712. The Balaban J connectivity index is 2.46. The van der Waals surface area contributed by atoms with Crippen molar-refractivity contribution in [2.75, 3.05) is 13.1 Å². The van der Waals surface area contributed by atoms with E-state index in [4.69, 9.17) is 5.11 Å². The Kier molecular flexibility index (Phi) is 4.06. The molecule has 14 heavy (non-hydrogen) atoms. The molecule has 0 aliphatic heterocycles. The maximum absolute atomic E-state index is 10.5. The molecule has 0 saturated carbocycles. The van der Waals surface area contributed by atoms with Gasteiger partial charge in [0, 0.05) is 0 Å². The average Bonchev–Trinajstić information content (AvgIpc) is 2.56. The molecule has 6 heteroatoms. The molecule has 0 amide bonds. The molecule has 0 bridgehead atoms. The number of carboxylic acid groups (broad SMARTS) is 1. The summed E-state index contributed by atoms with van der Waals surface area (Å²) in [5, 5.41) is 12.3. The number of rotatable bonds is 6. The molecule has 1 heterocycles. The number of hydrogen-bond donors (Lipinski definition) is 1. The average molecular weight is 199 g/mol. The predicted octanol–water partition coefficient (Wildman–Crippen LogP) is 0.366. The van der Waals surface area contributed by atoms with Crippen LogP contribution >= 0.6 is 0 Å². The van der Waals surface area contributed by atoms with Gasteiger partial charge in [-0.15, -0.1) is 0 Å². The number of carbonyl (C=O) groups is 1. The van der Waals surface area contributed by atoms with Gasteiger partial charge < -0.3 is 9.63 Å². The van der Waals surface area contributed by atoms with Crippen LogP contribution in [0.15, 0.2) is 10.9 Å². The van der Waals surface area contributed by atoms with Crippen molar-refractivity contribution in [3.05, 3.63) is 12.2 Å². The Morgan fingerprint density at radius 1 is 1.71 bits per heavy atom. The van der Waals surface area contributed by atoms with Crippen LogP contribution in [0.1, 0.15) is 19.2 Å². The summed E-state index contributed by atoms with van der Waals surface area (Å²) in [7, 11) is 0. The molecule has 0 unspecified atom stereocenters. The third-order valence-electron chi connectivity index (χ3n) is 1.67. The van der Waals surface area contributed by atoms with Crippen molar-refractivity contribution < 1.29 is 14.4 Å². The number of aromatic nitrogens is 2.